The van der Waals surface area contributed by atoms with E-state index in [4.69, 9.17) is 4.74 Å². The number of carbonyl (C=O) groups is 2. The van der Waals surface area contributed by atoms with Gasteiger partial charge in [-0.3, -0.25) is 4.79 Å². The number of phenols is 1. The molecule has 2 aliphatic heterocycles. The van der Waals surface area contributed by atoms with Crippen LogP contribution in [0.2, 0.25) is 0 Å². The van der Waals surface area contributed by atoms with Crippen molar-refractivity contribution in [2.75, 3.05) is 19.7 Å². The first-order chi connectivity index (χ1) is 12.9. The Labute approximate surface area is 161 Å². The van der Waals surface area contributed by atoms with Crippen molar-refractivity contribution in [1.82, 2.24) is 4.90 Å². The third-order valence-electron chi connectivity index (χ3n) is 5.49. The highest BCUT2D eigenvalue weighted by Gasteiger charge is 2.43. The number of nitrogens with zero attached hydrogens (tertiary/aromatic N) is 1. The molecule has 6 nitrogen and oxygen atoms in total. The van der Waals surface area contributed by atoms with Crippen molar-refractivity contribution in [2.24, 2.45) is 0 Å². The van der Waals surface area contributed by atoms with E-state index in [9.17, 15) is 19.8 Å². The molecule has 1 spiro atoms. The third-order valence-corrected chi connectivity index (χ3v) is 6.84. The number of phenolic OH excluding ortho intramolecular Hbond substituents is 1. The predicted octanol–water partition coefficient (Wildman–Crippen LogP) is 3.16. The fourth-order valence-electron chi connectivity index (χ4n) is 3.98. The van der Waals surface area contributed by atoms with Crippen LogP contribution in [-0.2, 0) is 16.8 Å². The minimum Gasteiger partial charge on any atom is -0.508 e. The second kappa shape index (κ2) is 6.65. The molecule has 2 aliphatic rings. The van der Waals surface area contributed by atoms with Crippen LogP contribution in [0.15, 0.2) is 24.3 Å². The monoisotopic (exact) mass is 387 g/mol. The van der Waals surface area contributed by atoms with Crippen LogP contribution in [0.4, 0.5) is 0 Å². The minimum absolute atomic E-state index is 0.0810. The second-order valence-corrected chi connectivity index (χ2v) is 8.21. The van der Waals surface area contributed by atoms with E-state index in [1.54, 1.807) is 23.1 Å². The summed E-state index contributed by atoms with van der Waals surface area (Å²) >= 11 is 1.30. The summed E-state index contributed by atoms with van der Waals surface area (Å²) in [5.41, 5.74) is 1.92. The smallest absolute Gasteiger partial charge is 0.345 e. The standard InChI is InChI=1S/C20H21NO5S/c1-12-2-3-14(22)11-15(12)18(23)21-7-5-20(6-8-21)17-13(4-9-26-20)10-16(27-17)19(24)25/h2-3,10-11,22H,4-9H2,1H3,(H,24,25). The quantitative estimate of drug-likeness (QED) is 0.827. The fraction of sp³-hybridized carbons (Fsp3) is 0.400. The molecule has 1 amide bonds. The van der Waals surface area contributed by atoms with Gasteiger partial charge in [0.1, 0.15) is 16.2 Å². The number of likely N-dealkylation sites (tertiary alicyclic amines) is 1. The van der Waals surface area contributed by atoms with E-state index in [0.717, 1.165) is 22.4 Å². The van der Waals surface area contributed by atoms with Gasteiger partial charge in [0.05, 0.1) is 6.61 Å². The van der Waals surface area contributed by atoms with Crippen molar-refractivity contribution >= 4 is 23.2 Å². The lowest BCUT2D eigenvalue weighted by Gasteiger charge is -2.43. The normalized spacial score (nSPS) is 18.3. The van der Waals surface area contributed by atoms with Crippen molar-refractivity contribution in [1.29, 1.82) is 0 Å². The Kier molecular flexibility index (Phi) is 4.44. The number of benzene rings is 1. The number of fused-ring (bicyclic) bond motifs is 2. The average Bonchev–Trinajstić information content (AvgIpc) is 3.10. The number of hydrogen-bond acceptors (Lipinski definition) is 5. The highest BCUT2D eigenvalue weighted by atomic mass is 32.1. The zero-order valence-corrected chi connectivity index (χ0v) is 15.8. The molecule has 7 heteroatoms. The molecule has 1 fully saturated rings. The molecule has 4 rings (SSSR count). The Hall–Kier alpha value is -2.38. The summed E-state index contributed by atoms with van der Waals surface area (Å²) in [6.07, 6.45) is 2.01. The Morgan fingerprint density at radius 3 is 2.67 bits per heavy atom. The highest BCUT2D eigenvalue weighted by Crippen LogP contribution is 2.45. The molecule has 1 aromatic carbocycles. The summed E-state index contributed by atoms with van der Waals surface area (Å²) in [7, 11) is 0. The van der Waals surface area contributed by atoms with Gasteiger partial charge < -0.3 is 19.8 Å². The first-order valence-corrected chi connectivity index (χ1v) is 9.81. The van der Waals surface area contributed by atoms with E-state index in [1.165, 1.54) is 17.4 Å². The first kappa shape index (κ1) is 18.0. The van der Waals surface area contributed by atoms with E-state index < -0.39 is 11.6 Å². The second-order valence-electron chi connectivity index (χ2n) is 7.15. The first-order valence-electron chi connectivity index (χ1n) is 8.99. The van der Waals surface area contributed by atoms with Crippen LogP contribution in [0.3, 0.4) is 0 Å². The van der Waals surface area contributed by atoms with Crippen LogP contribution in [0.1, 0.15) is 48.9 Å². The van der Waals surface area contributed by atoms with E-state index >= 15 is 0 Å². The number of hydrogen-bond donors (Lipinski definition) is 2. The van der Waals surface area contributed by atoms with Crippen molar-refractivity contribution in [3.05, 3.63) is 50.7 Å². The predicted molar refractivity (Wildman–Crippen MR) is 101 cm³/mol. The molecule has 0 radical (unpaired) electrons. The van der Waals surface area contributed by atoms with Gasteiger partial charge in [-0.05, 0) is 55.5 Å². The number of aromatic carboxylic acids is 1. The van der Waals surface area contributed by atoms with E-state index in [2.05, 4.69) is 0 Å². The lowest BCUT2D eigenvalue weighted by molar-refractivity contribution is -0.0906. The van der Waals surface area contributed by atoms with E-state index in [0.29, 0.717) is 43.0 Å². The Bertz CT molecular complexity index is 911. The van der Waals surface area contributed by atoms with Gasteiger partial charge in [0.15, 0.2) is 0 Å². The molecule has 1 aromatic heterocycles. The fourth-order valence-corrected chi connectivity index (χ4v) is 5.23. The van der Waals surface area contributed by atoms with Gasteiger partial charge >= 0.3 is 5.97 Å². The zero-order valence-electron chi connectivity index (χ0n) is 15.0. The maximum absolute atomic E-state index is 12.9. The average molecular weight is 387 g/mol. The Morgan fingerprint density at radius 1 is 1.22 bits per heavy atom. The maximum atomic E-state index is 12.9. The van der Waals surface area contributed by atoms with Crippen LogP contribution in [0.5, 0.6) is 5.75 Å². The number of piperidine rings is 1. The summed E-state index contributed by atoms with van der Waals surface area (Å²) in [5, 5.41) is 19.0. The molecule has 0 atom stereocenters. The molecule has 0 bridgehead atoms. The van der Waals surface area contributed by atoms with Crippen molar-refractivity contribution in [2.45, 2.75) is 31.8 Å². The number of carboxylic acid groups (broad SMARTS) is 1. The van der Waals surface area contributed by atoms with Gasteiger partial charge in [-0.2, -0.15) is 0 Å². The maximum Gasteiger partial charge on any atom is 0.345 e. The molecule has 3 heterocycles. The molecule has 0 unspecified atom stereocenters. The van der Waals surface area contributed by atoms with Gasteiger partial charge in [-0.25, -0.2) is 4.79 Å². The number of rotatable bonds is 2. The van der Waals surface area contributed by atoms with Crippen molar-refractivity contribution < 1.29 is 24.5 Å². The lowest BCUT2D eigenvalue weighted by atomic mass is 9.85. The summed E-state index contributed by atoms with van der Waals surface area (Å²) in [6, 6.07) is 6.59. The Morgan fingerprint density at radius 2 is 1.96 bits per heavy atom. The van der Waals surface area contributed by atoms with Gasteiger partial charge in [0.25, 0.3) is 5.91 Å². The molecule has 142 valence electrons. The molecule has 0 saturated carbocycles. The molecule has 2 N–H and O–H groups in total. The van der Waals surface area contributed by atoms with Crippen LogP contribution < -0.4 is 0 Å². The molecule has 2 aromatic rings. The summed E-state index contributed by atoms with van der Waals surface area (Å²) in [5.74, 6) is -0.916. The number of ether oxygens (including phenoxy) is 1. The third kappa shape index (κ3) is 3.11. The van der Waals surface area contributed by atoms with Crippen LogP contribution in [0.25, 0.3) is 0 Å². The summed E-state index contributed by atoms with van der Waals surface area (Å²) in [6.45, 7) is 3.50. The van der Waals surface area contributed by atoms with Crippen LogP contribution in [0, 0.1) is 6.92 Å². The number of carboxylic acids is 1. The number of aromatic hydroxyl groups is 1. The SMILES string of the molecule is Cc1ccc(O)cc1C(=O)N1CCC2(CC1)OCCc1cc(C(=O)O)sc12. The van der Waals surface area contributed by atoms with E-state index in [-0.39, 0.29) is 11.7 Å². The van der Waals surface area contributed by atoms with E-state index in [1.807, 2.05) is 6.92 Å². The molecule has 0 aliphatic carbocycles. The summed E-state index contributed by atoms with van der Waals surface area (Å²) < 4.78 is 6.14. The number of thiophene rings is 1. The molecule has 1 saturated heterocycles. The number of aryl methyl sites for hydroxylation is 1. The van der Waals surface area contributed by atoms with Crippen LogP contribution >= 0.6 is 11.3 Å². The van der Waals surface area contributed by atoms with Gasteiger partial charge in [0.2, 0.25) is 0 Å². The molecular formula is C20H21NO5S. The zero-order chi connectivity index (χ0) is 19.2. The van der Waals surface area contributed by atoms with Gasteiger partial charge in [0, 0.05) is 23.5 Å². The molecular weight excluding hydrogens is 366 g/mol. The summed E-state index contributed by atoms with van der Waals surface area (Å²) in [4.78, 5) is 27.4. The molecule has 27 heavy (non-hydrogen) atoms. The van der Waals surface area contributed by atoms with Crippen LogP contribution in [-0.4, -0.2) is 46.7 Å². The largest absolute Gasteiger partial charge is 0.508 e. The van der Waals surface area contributed by atoms with Gasteiger partial charge in [-0.1, -0.05) is 6.07 Å². The van der Waals surface area contributed by atoms with Crippen molar-refractivity contribution in [3.8, 4) is 5.75 Å². The minimum atomic E-state index is -0.906. The Balaban J connectivity index is 1.55. The van der Waals surface area contributed by atoms with Crippen molar-refractivity contribution in [3.63, 3.8) is 0 Å². The van der Waals surface area contributed by atoms with Gasteiger partial charge in [-0.15, -0.1) is 11.3 Å². The number of carbonyl (C=O) groups excluding carboxylic acids is 1. The number of amides is 1. The lowest BCUT2D eigenvalue weighted by Crippen LogP contribution is -2.48. The topological polar surface area (TPSA) is 87.1 Å². The highest BCUT2D eigenvalue weighted by molar-refractivity contribution is 7.14.